The molecular formula is C20H16F4N4O2S. The molecule has 0 unspecified atom stereocenters. The van der Waals surface area contributed by atoms with Crippen molar-refractivity contribution >= 4 is 22.9 Å². The maximum absolute atomic E-state index is 13.1. The second-order valence-corrected chi connectivity index (χ2v) is 8.09. The lowest BCUT2D eigenvalue weighted by atomic mass is 9.97. The van der Waals surface area contributed by atoms with Gasteiger partial charge in [-0.1, -0.05) is 18.2 Å². The molecule has 1 aromatic carbocycles. The van der Waals surface area contributed by atoms with Crippen molar-refractivity contribution in [1.82, 2.24) is 14.5 Å². The number of hydrogen-bond donors (Lipinski definition) is 1. The Morgan fingerprint density at radius 2 is 1.90 bits per heavy atom. The summed E-state index contributed by atoms with van der Waals surface area (Å²) in [5, 5.41) is 10.5. The fourth-order valence-corrected chi connectivity index (χ4v) is 4.11. The highest BCUT2D eigenvalue weighted by Gasteiger charge is 2.32. The quantitative estimate of drug-likeness (QED) is 0.616. The number of nitrogens with zero attached hydrogens (tertiary/aromatic N) is 4. The molecule has 0 saturated heterocycles. The van der Waals surface area contributed by atoms with Gasteiger partial charge in [0.2, 0.25) is 5.95 Å². The number of alkyl halides is 3. The SMILES string of the molecule is O=c1nc(N2CC=C(c3ccc(F)cc3)[C@@H](O)C2)ncn1Cc1ccc(C(F)(F)F)s1. The van der Waals surface area contributed by atoms with Gasteiger partial charge in [-0.15, -0.1) is 11.3 Å². The number of halogens is 4. The molecule has 1 N–H and O–H groups in total. The van der Waals surface area contributed by atoms with E-state index in [1.807, 2.05) is 0 Å². The molecule has 0 radical (unpaired) electrons. The molecule has 1 aliphatic heterocycles. The monoisotopic (exact) mass is 452 g/mol. The number of aromatic nitrogens is 3. The number of β-amino-alcohol motifs (C(OH)–C–C–N with tert-alkyl or cyclic N) is 1. The Bertz CT molecular complexity index is 1170. The molecule has 0 aliphatic carbocycles. The lowest BCUT2D eigenvalue weighted by molar-refractivity contribution is -0.134. The van der Waals surface area contributed by atoms with Gasteiger partial charge in [-0.3, -0.25) is 4.57 Å². The minimum Gasteiger partial charge on any atom is -0.387 e. The first-order valence-electron chi connectivity index (χ1n) is 9.19. The van der Waals surface area contributed by atoms with E-state index in [9.17, 15) is 27.5 Å². The molecular weight excluding hydrogens is 436 g/mol. The van der Waals surface area contributed by atoms with E-state index >= 15 is 0 Å². The third-order valence-electron chi connectivity index (χ3n) is 4.77. The normalized spacial score (nSPS) is 17.0. The van der Waals surface area contributed by atoms with Crippen molar-refractivity contribution in [2.45, 2.75) is 18.8 Å². The predicted octanol–water partition coefficient (Wildman–Crippen LogP) is 3.17. The highest BCUT2D eigenvalue weighted by atomic mass is 32.1. The van der Waals surface area contributed by atoms with Gasteiger partial charge in [-0.25, -0.2) is 14.2 Å². The van der Waals surface area contributed by atoms with Gasteiger partial charge in [0.15, 0.2) is 0 Å². The first kappa shape index (κ1) is 21.2. The highest BCUT2D eigenvalue weighted by Crippen LogP contribution is 2.34. The fraction of sp³-hybridized carbons (Fsp3) is 0.250. The Hall–Kier alpha value is -3.05. The molecule has 4 rings (SSSR count). The van der Waals surface area contributed by atoms with Crippen LogP contribution in [0.25, 0.3) is 5.57 Å². The lowest BCUT2D eigenvalue weighted by Gasteiger charge is -2.30. The van der Waals surface area contributed by atoms with Crippen LogP contribution in [0.3, 0.4) is 0 Å². The Balaban J connectivity index is 1.49. The molecule has 3 heterocycles. The Kier molecular flexibility index (Phi) is 5.63. The van der Waals surface area contributed by atoms with Gasteiger partial charge in [-0.2, -0.15) is 18.2 Å². The van der Waals surface area contributed by atoms with E-state index in [0.29, 0.717) is 33.9 Å². The fourth-order valence-electron chi connectivity index (χ4n) is 3.24. The van der Waals surface area contributed by atoms with E-state index in [1.54, 1.807) is 23.1 Å². The van der Waals surface area contributed by atoms with Crippen LogP contribution in [0.15, 0.2) is 53.6 Å². The molecule has 0 saturated carbocycles. The third kappa shape index (κ3) is 4.67. The van der Waals surface area contributed by atoms with E-state index in [4.69, 9.17) is 0 Å². The van der Waals surface area contributed by atoms with Gasteiger partial charge in [0.25, 0.3) is 0 Å². The largest absolute Gasteiger partial charge is 0.425 e. The van der Waals surface area contributed by atoms with Gasteiger partial charge in [-0.05, 0) is 35.4 Å². The van der Waals surface area contributed by atoms with E-state index < -0.39 is 22.8 Å². The Morgan fingerprint density at radius 1 is 1.16 bits per heavy atom. The minimum absolute atomic E-state index is 0.0723. The predicted molar refractivity (Wildman–Crippen MR) is 107 cm³/mol. The lowest BCUT2D eigenvalue weighted by Crippen LogP contribution is -2.40. The van der Waals surface area contributed by atoms with Crippen molar-refractivity contribution in [2.24, 2.45) is 0 Å². The molecule has 6 nitrogen and oxygen atoms in total. The summed E-state index contributed by atoms with van der Waals surface area (Å²) in [7, 11) is 0. The van der Waals surface area contributed by atoms with Gasteiger partial charge in [0.1, 0.15) is 17.0 Å². The van der Waals surface area contributed by atoms with E-state index in [-0.39, 0.29) is 24.9 Å². The Morgan fingerprint density at radius 3 is 2.52 bits per heavy atom. The molecule has 1 atom stereocenters. The van der Waals surface area contributed by atoms with Crippen LogP contribution in [0.2, 0.25) is 0 Å². The number of anilines is 1. The number of thiophene rings is 1. The summed E-state index contributed by atoms with van der Waals surface area (Å²) in [6, 6.07) is 8.06. The Labute approximate surface area is 177 Å². The summed E-state index contributed by atoms with van der Waals surface area (Å²) in [6.07, 6.45) is -2.34. The number of aliphatic hydroxyl groups is 1. The topological polar surface area (TPSA) is 71.2 Å². The number of benzene rings is 1. The molecule has 0 amide bonds. The van der Waals surface area contributed by atoms with Crippen molar-refractivity contribution in [3.63, 3.8) is 0 Å². The summed E-state index contributed by atoms with van der Waals surface area (Å²) >= 11 is 0.560. The van der Waals surface area contributed by atoms with Crippen LogP contribution in [0.1, 0.15) is 15.3 Å². The summed E-state index contributed by atoms with van der Waals surface area (Å²) < 4.78 is 52.4. The summed E-state index contributed by atoms with van der Waals surface area (Å²) in [4.78, 5) is 21.6. The van der Waals surface area contributed by atoms with Crippen LogP contribution < -0.4 is 10.6 Å². The molecule has 31 heavy (non-hydrogen) atoms. The molecule has 2 aromatic heterocycles. The highest BCUT2D eigenvalue weighted by molar-refractivity contribution is 7.12. The molecule has 0 spiro atoms. The molecule has 3 aromatic rings. The van der Waals surface area contributed by atoms with Crippen molar-refractivity contribution < 1.29 is 22.7 Å². The van der Waals surface area contributed by atoms with Gasteiger partial charge < -0.3 is 10.0 Å². The average molecular weight is 452 g/mol. The number of aliphatic hydroxyl groups excluding tert-OH is 1. The van der Waals surface area contributed by atoms with E-state index in [1.165, 1.54) is 24.5 Å². The molecule has 0 fully saturated rings. The molecule has 1 aliphatic rings. The standard InChI is InChI=1S/C20H16F4N4O2S/c21-13-3-1-12(2-4-13)15-7-8-27(10-16(15)29)18-25-11-28(19(30)26-18)9-14-5-6-17(31-14)20(22,23)24/h1-7,11,16,29H,8-10H2/t16-/m0/s1. The average Bonchev–Trinajstić information content (AvgIpc) is 3.19. The maximum Gasteiger partial charge on any atom is 0.425 e. The molecule has 162 valence electrons. The van der Waals surface area contributed by atoms with Crippen LogP contribution in [-0.2, 0) is 12.7 Å². The van der Waals surface area contributed by atoms with Gasteiger partial charge in [0, 0.05) is 11.4 Å². The van der Waals surface area contributed by atoms with E-state index in [2.05, 4.69) is 9.97 Å². The zero-order valence-electron chi connectivity index (χ0n) is 15.9. The van der Waals surface area contributed by atoms with Crippen molar-refractivity contribution in [2.75, 3.05) is 18.0 Å². The minimum atomic E-state index is -4.43. The first-order chi connectivity index (χ1) is 14.7. The number of hydrogen-bond acceptors (Lipinski definition) is 6. The molecule has 11 heteroatoms. The van der Waals surface area contributed by atoms with Gasteiger partial charge in [0.05, 0.1) is 19.2 Å². The van der Waals surface area contributed by atoms with Crippen LogP contribution in [-0.4, -0.2) is 38.8 Å². The third-order valence-corrected chi connectivity index (χ3v) is 5.88. The van der Waals surface area contributed by atoms with Crippen LogP contribution in [0.4, 0.5) is 23.5 Å². The van der Waals surface area contributed by atoms with Crippen molar-refractivity contribution in [3.8, 4) is 0 Å². The van der Waals surface area contributed by atoms with Crippen LogP contribution in [0.5, 0.6) is 0 Å². The van der Waals surface area contributed by atoms with Crippen LogP contribution >= 0.6 is 11.3 Å². The molecule has 0 bridgehead atoms. The van der Waals surface area contributed by atoms with Crippen molar-refractivity contribution in [3.05, 3.63) is 80.4 Å². The number of rotatable bonds is 4. The maximum atomic E-state index is 13.1. The first-order valence-corrected chi connectivity index (χ1v) is 10.0. The zero-order chi connectivity index (χ0) is 22.2. The zero-order valence-corrected chi connectivity index (χ0v) is 16.7. The summed E-state index contributed by atoms with van der Waals surface area (Å²) in [5.41, 5.74) is 0.677. The summed E-state index contributed by atoms with van der Waals surface area (Å²) in [5.74, 6) is -0.265. The van der Waals surface area contributed by atoms with Gasteiger partial charge >= 0.3 is 11.9 Å². The van der Waals surface area contributed by atoms with E-state index in [0.717, 1.165) is 10.6 Å². The summed E-state index contributed by atoms with van der Waals surface area (Å²) in [6.45, 7) is 0.386. The smallest absolute Gasteiger partial charge is 0.387 e. The van der Waals surface area contributed by atoms with Crippen molar-refractivity contribution in [1.29, 1.82) is 0 Å². The second-order valence-electron chi connectivity index (χ2n) is 6.92. The van der Waals surface area contributed by atoms with Crippen LogP contribution in [0, 0.1) is 5.82 Å². The second kappa shape index (κ2) is 8.23.